The van der Waals surface area contributed by atoms with Gasteiger partial charge in [-0.1, -0.05) is 29.3 Å². The van der Waals surface area contributed by atoms with Crippen molar-refractivity contribution in [2.45, 2.75) is 57.3 Å². The summed E-state index contributed by atoms with van der Waals surface area (Å²) < 4.78 is 27.1. The lowest BCUT2D eigenvalue weighted by Crippen LogP contribution is -2.31. The van der Waals surface area contributed by atoms with E-state index in [2.05, 4.69) is 16.1 Å². The fourth-order valence-corrected chi connectivity index (χ4v) is 4.32. The molecular weight excluding hydrogens is 336 g/mol. The van der Waals surface area contributed by atoms with Crippen molar-refractivity contribution in [2.75, 3.05) is 13.1 Å². The van der Waals surface area contributed by atoms with Crippen molar-refractivity contribution in [3.05, 3.63) is 41.0 Å². The standard InChI is InChI=1S/C19H28N2O3S/c1-15-8-9-18(16(2)14-15)25(23,24)21-13-11-19(22)20-12-10-17-6-4-3-5-7-17/h6,8-9,14,21H,3-5,7,10-13H2,1-2H3,(H,20,22). The van der Waals surface area contributed by atoms with Gasteiger partial charge in [-0.2, -0.15) is 0 Å². The molecule has 2 N–H and O–H groups in total. The third-order valence-electron chi connectivity index (χ3n) is 4.42. The topological polar surface area (TPSA) is 75.3 Å². The van der Waals surface area contributed by atoms with E-state index in [1.165, 1.54) is 18.4 Å². The Morgan fingerprint density at radius 2 is 1.96 bits per heavy atom. The number of hydrogen-bond donors (Lipinski definition) is 2. The maximum Gasteiger partial charge on any atom is 0.240 e. The van der Waals surface area contributed by atoms with E-state index in [1.54, 1.807) is 19.1 Å². The van der Waals surface area contributed by atoms with Crippen LogP contribution >= 0.6 is 0 Å². The second-order valence-electron chi connectivity index (χ2n) is 6.62. The van der Waals surface area contributed by atoms with Gasteiger partial charge in [-0.25, -0.2) is 13.1 Å². The van der Waals surface area contributed by atoms with Crippen molar-refractivity contribution in [2.24, 2.45) is 0 Å². The van der Waals surface area contributed by atoms with Crippen LogP contribution in [0.5, 0.6) is 0 Å². The number of rotatable bonds is 8. The van der Waals surface area contributed by atoms with Crippen molar-refractivity contribution < 1.29 is 13.2 Å². The summed E-state index contributed by atoms with van der Waals surface area (Å²) in [6.45, 7) is 4.41. The Morgan fingerprint density at radius 1 is 1.16 bits per heavy atom. The highest BCUT2D eigenvalue weighted by Gasteiger charge is 2.16. The molecule has 6 heteroatoms. The summed E-state index contributed by atoms with van der Waals surface area (Å²) in [4.78, 5) is 12.1. The van der Waals surface area contributed by atoms with Gasteiger partial charge in [0.15, 0.2) is 0 Å². The van der Waals surface area contributed by atoms with Gasteiger partial charge < -0.3 is 5.32 Å². The number of nitrogens with one attached hydrogen (secondary N) is 2. The maximum absolute atomic E-state index is 12.3. The van der Waals surface area contributed by atoms with Crippen LogP contribution in [0.15, 0.2) is 34.7 Å². The van der Waals surface area contributed by atoms with Gasteiger partial charge in [0.1, 0.15) is 0 Å². The summed E-state index contributed by atoms with van der Waals surface area (Å²) in [7, 11) is -3.58. The molecule has 1 amide bonds. The highest BCUT2D eigenvalue weighted by Crippen LogP contribution is 2.19. The first-order chi connectivity index (χ1) is 11.9. The zero-order chi connectivity index (χ0) is 18.3. The van der Waals surface area contributed by atoms with Gasteiger partial charge in [-0.3, -0.25) is 4.79 Å². The Morgan fingerprint density at radius 3 is 2.64 bits per heavy atom. The van der Waals surface area contributed by atoms with Gasteiger partial charge in [0.25, 0.3) is 0 Å². The van der Waals surface area contributed by atoms with E-state index in [-0.39, 0.29) is 23.8 Å². The number of hydrogen-bond acceptors (Lipinski definition) is 3. The van der Waals surface area contributed by atoms with Crippen LogP contribution < -0.4 is 10.0 Å². The van der Waals surface area contributed by atoms with Gasteiger partial charge in [-0.15, -0.1) is 0 Å². The zero-order valence-electron chi connectivity index (χ0n) is 15.1. The molecule has 5 nitrogen and oxygen atoms in total. The molecule has 25 heavy (non-hydrogen) atoms. The second-order valence-corrected chi connectivity index (χ2v) is 8.36. The van der Waals surface area contributed by atoms with Gasteiger partial charge in [0, 0.05) is 19.5 Å². The predicted molar refractivity (Wildman–Crippen MR) is 99.9 cm³/mol. The quantitative estimate of drug-likeness (QED) is 0.696. The second kappa shape index (κ2) is 9.15. The van der Waals surface area contributed by atoms with Gasteiger partial charge >= 0.3 is 0 Å². The van der Waals surface area contributed by atoms with Crippen molar-refractivity contribution in [1.29, 1.82) is 0 Å². The van der Waals surface area contributed by atoms with Crippen LogP contribution in [0.2, 0.25) is 0 Å². The molecule has 0 bridgehead atoms. The third kappa shape index (κ3) is 6.29. The molecule has 0 fully saturated rings. The normalized spacial score (nSPS) is 14.9. The Kier molecular flexibility index (Phi) is 7.20. The van der Waals surface area contributed by atoms with Crippen LogP contribution in [0, 0.1) is 13.8 Å². The van der Waals surface area contributed by atoms with Gasteiger partial charge in [0.05, 0.1) is 4.90 Å². The largest absolute Gasteiger partial charge is 0.356 e. The van der Waals surface area contributed by atoms with Crippen molar-refractivity contribution >= 4 is 15.9 Å². The van der Waals surface area contributed by atoms with Crippen LogP contribution in [0.3, 0.4) is 0 Å². The third-order valence-corrected chi connectivity index (χ3v) is 6.04. The van der Waals surface area contributed by atoms with E-state index in [0.29, 0.717) is 12.1 Å². The molecular formula is C19H28N2O3S. The Labute approximate surface area is 151 Å². The van der Waals surface area contributed by atoms with Crippen LogP contribution in [0.1, 0.15) is 49.7 Å². The molecule has 0 atom stereocenters. The number of carbonyl (C=O) groups is 1. The lowest BCUT2D eigenvalue weighted by atomic mass is 9.97. The minimum atomic E-state index is -3.58. The molecule has 1 aliphatic rings. The Hall–Kier alpha value is -1.66. The summed E-state index contributed by atoms with van der Waals surface area (Å²) >= 11 is 0. The molecule has 0 unspecified atom stereocenters. The number of carbonyl (C=O) groups excluding carboxylic acids is 1. The molecule has 0 heterocycles. The van der Waals surface area contributed by atoms with Gasteiger partial charge in [0.2, 0.25) is 15.9 Å². The highest BCUT2D eigenvalue weighted by atomic mass is 32.2. The minimum Gasteiger partial charge on any atom is -0.356 e. The summed E-state index contributed by atoms with van der Waals surface area (Å²) in [6, 6.07) is 5.21. The van der Waals surface area contributed by atoms with Crippen LogP contribution in [0.4, 0.5) is 0 Å². The predicted octanol–water partition coefficient (Wildman–Crippen LogP) is 2.98. The summed E-state index contributed by atoms with van der Waals surface area (Å²) in [6.07, 6.45) is 8.07. The van der Waals surface area contributed by atoms with Crippen LogP contribution in [0.25, 0.3) is 0 Å². The molecule has 1 aliphatic carbocycles. The van der Waals surface area contributed by atoms with E-state index >= 15 is 0 Å². The smallest absolute Gasteiger partial charge is 0.240 e. The van der Waals surface area contributed by atoms with Crippen molar-refractivity contribution in [3.8, 4) is 0 Å². The first-order valence-electron chi connectivity index (χ1n) is 8.90. The van der Waals surface area contributed by atoms with E-state index in [4.69, 9.17) is 0 Å². The summed E-state index contributed by atoms with van der Waals surface area (Å²) in [5.41, 5.74) is 3.14. The maximum atomic E-state index is 12.3. The molecule has 1 aromatic carbocycles. The molecule has 1 aromatic rings. The fraction of sp³-hybridized carbons (Fsp3) is 0.526. The first-order valence-corrected chi connectivity index (χ1v) is 10.4. The Bertz CT molecular complexity index is 739. The van der Waals surface area contributed by atoms with E-state index in [1.807, 2.05) is 13.0 Å². The average Bonchev–Trinajstić information content (AvgIpc) is 2.55. The van der Waals surface area contributed by atoms with E-state index in [0.717, 1.165) is 24.8 Å². The average molecular weight is 365 g/mol. The van der Waals surface area contributed by atoms with E-state index < -0.39 is 10.0 Å². The van der Waals surface area contributed by atoms with Crippen LogP contribution in [-0.4, -0.2) is 27.4 Å². The molecule has 0 spiro atoms. The van der Waals surface area contributed by atoms with Gasteiger partial charge in [-0.05, 0) is 57.6 Å². The lowest BCUT2D eigenvalue weighted by Gasteiger charge is -2.13. The molecule has 0 saturated heterocycles. The fourth-order valence-electron chi connectivity index (χ4n) is 3.06. The highest BCUT2D eigenvalue weighted by molar-refractivity contribution is 7.89. The zero-order valence-corrected chi connectivity index (χ0v) is 15.9. The monoisotopic (exact) mass is 364 g/mol. The molecule has 138 valence electrons. The number of sulfonamides is 1. The van der Waals surface area contributed by atoms with Crippen molar-refractivity contribution in [1.82, 2.24) is 10.0 Å². The number of allylic oxidation sites excluding steroid dienone is 1. The minimum absolute atomic E-state index is 0.101. The lowest BCUT2D eigenvalue weighted by molar-refractivity contribution is -0.120. The number of aryl methyl sites for hydroxylation is 2. The molecule has 0 aromatic heterocycles. The van der Waals surface area contributed by atoms with Crippen molar-refractivity contribution in [3.63, 3.8) is 0 Å². The number of benzene rings is 1. The Balaban J connectivity index is 1.73. The molecule has 0 radical (unpaired) electrons. The van der Waals surface area contributed by atoms with E-state index in [9.17, 15) is 13.2 Å². The summed E-state index contributed by atoms with van der Waals surface area (Å²) in [5.74, 6) is -0.125. The molecule has 0 saturated carbocycles. The molecule has 2 rings (SSSR count). The van der Waals surface area contributed by atoms with Crippen LogP contribution in [-0.2, 0) is 14.8 Å². The number of amides is 1. The molecule has 0 aliphatic heterocycles. The summed E-state index contributed by atoms with van der Waals surface area (Å²) in [5, 5.41) is 2.86. The first kappa shape index (κ1) is 19.7. The SMILES string of the molecule is Cc1ccc(S(=O)(=O)NCCC(=O)NCCC2=CCCCC2)c(C)c1.